The Balaban J connectivity index is -0.000000167. The molecule has 0 spiro atoms. The van der Waals surface area contributed by atoms with Crippen LogP contribution >= 0.6 is 0 Å². The van der Waals surface area contributed by atoms with Crippen molar-refractivity contribution in [3.05, 3.63) is 11.8 Å². The van der Waals surface area contributed by atoms with E-state index in [0.717, 1.165) is 6.26 Å². The van der Waals surface area contributed by atoms with E-state index in [1.807, 2.05) is 0 Å². The molecule has 0 aromatic carbocycles. The zero-order valence-electron chi connectivity index (χ0n) is 9.16. The molecule has 0 saturated carbocycles. The molecule has 0 saturated heterocycles. The van der Waals surface area contributed by atoms with Gasteiger partial charge >= 0.3 is 49.7 Å². The van der Waals surface area contributed by atoms with Crippen molar-refractivity contribution in [2.24, 2.45) is 0 Å². The standard InChI is InChI=1S/C7H10O4.Ca.2H/c1-3-6(8)11-4-5(2)7(9)10;;;/h4H,3H2,1-2H3,(H,9,10);;;/q;+2;2*-1. The van der Waals surface area contributed by atoms with Crippen LogP contribution in [0.2, 0.25) is 0 Å². The summed E-state index contributed by atoms with van der Waals surface area (Å²) in [6, 6.07) is 0. The van der Waals surface area contributed by atoms with Crippen molar-refractivity contribution in [3.8, 4) is 0 Å². The summed E-state index contributed by atoms with van der Waals surface area (Å²) in [5, 5.41) is 8.31. The third-order valence-corrected chi connectivity index (χ3v) is 0.993. The maximum Gasteiger partial charge on any atom is 2.00 e. The molecule has 5 heteroatoms. The van der Waals surface area contributed by atoms with Crippen LogP contribution in [0, 0.1) is 0 Å². The number of aliphatic carboxylic acids is 1. The summed E-state index contributed by atoms with van der Waals surface area (Å²) >= 11 is 0. The Morgan fingerprint density at radius 3 is 2.42 bits per heavy atom. The van der Waals surface area contributed by atoms with E-state index < -0.39 is 11.9 Å². The minimum atomic E-state index is -1.09. The maximum atomic E-state index is 10.5. The van der Waals surface area contributed by atoms with Crippen LogP contribution in [0.5, 0.6) is 0 Å². The second kappa shape index (κ2) is 7.58. The van der Waals surface area contributed by atoms with Gasteiger partial charge in [-0.15, -0.1) is 0 Å². The molecule has 0 fully saturated rings. The Kier molecular flexibility index (Phi) is 9.14. The van der Waals surface area contributed by atoms with Gasteiger partial charge in [-0.2, -0.15) is 0 Å². The Hall–Kier alpha value is -0.0603. The Morgan fingerprint density at radius 2 is 2.08 bits per heavy atom. The van der Waals surface area contributed by atoms with Crippen molar-refractivity contribution in [2.75, 3.05) is 0 Å². The molecule has 0 aromatic rings. The molecule has 12 heavy (non-hydrogen) atoms. The molecule has 4 nitrogen and oxygen atoms in total. The van der Waals surface area contributed by atoms with Crippen LogP contribution < -0.4 is 0 Å². The number of rotatable bonds is 3. The number of esters is 1. The van der Waals surface area contributed by atoms with E-state index in [1.54, 1.807) is 6.92 Å². The van der Waals surface area contributed by atoms with E-state index in [1.165, 1.54) is 6.92 Å². The largest absolute Gasteiger partial charge is 2.00 e. The van der Waals surface area contributed by atoms with E-state index >= 15 is 0 Å². The number of hydrogen-bond acceptors (Lipinski definition) is 3. The van der Waals surface area contributed by atoms with Crippen molar-refractivity contribution < 1.29 is 22.3 Å². The van der Waals surface area contributed by atoms with Crippen LogP contribution in [-0.4, -0.2) is 54.8 Å². The maximum absolute atomic E-state index is 10.5. The van der Waals surface area contributed by atoms with Crippen molar-refractivity contribution in [1.82, 2.24) is 0 Å². The van der Waals surface area contributed by atoms with Gasteiger partial charge in [0.05, 0.1) is 5.57 Å². The van der Waals surface area contributed by atoms with Crippen molar-refractivity contribution in [1.29, 1.82) is 0 Å². The van der Waals surface area contributed by atoms with Gasteiger partial charge in [-0.1, -0.05) is 6.92 Å². The second-order valence-electron chi connectivity index (χ2n) is 1.95. The first kappa shape index (κ1) is 14.5. The molecule has 0 aliphatic rings. The summed E-state index contributed by atoms with van der Waals surface area (Å²) in [4.78, 5) is 20.6. The molecule has 0 aliphatic carbocycles. The normalized spacial score (nSPS) is 10.0. The number of carboxylic acids is 1. The van der Waals surface area contributed by atoms with Crippen LogP contribution in [0.3, 0.4) is 0 Å². The topological polar surface area (TPSA) is 63.6 Å². The number of ether oxygens (including phenoxy) is 1. The average molecular weight is 200 g/mol. The van der Waals surface area contributed by atoms with Gasteiger partial charge in [0, 0.05) is 6.42 Å². The molecule has 0 aromatic heterocycles. The molecule has 0 amide bonds. The molecular formula is C7H12CaO4. The van der Waals surface area contributed by atoms with Crippen LogP contribution in [0.15, 0.2) is 11.8 Å². The Morgan fingerprint density at radius 1 is 1.58 bits per heavy atom. The SMILES string of the molecule is CCC(=O)OC=C(C)C(=O)O.[Ca+2].[H-].[H-]. The Bertz CT molecular complexity index is 206. The first-order chi connectivity index (χ1) is 5.07. The minimum absolute atomic E-state index is 0. The van der Waals surface area contributed by atoms with Crippen molar-refractivity contribution in [2.45, 2.75) is 20.3 Å². The molecule has 0 atom stereocenters. The quantitative estimate of drug-likeness (QED) is 0.316. The van der Waals surface area contributed by atoms with Crippen molar-refractivity contribution in [3.63, 3.8) is 0 Å². The molecular weight excluding hydrogens is 188 g/mol. The van der Waals surface area contributed by atoms with Gasteiger partial charge in [-0.25, -0.2) is 4.79 Å². The Labute approximate surface area is 104 Å². The zero-order valence-corrected chi connectivity index (χ0v) is 9.37. The van der Waals surface area contributed by atoms with Crippen LogP contribution in [-0.2, 0) is 14.3 Å². The molecule has 0 rings (SSSR count). The van der Waals surface area contributed by atoms with Gasteiger partial charge in [0.25, 0.3) is 0 Å². The fraction of sp³-hybridized carbons (Fsp3) is 0.429. The predicted octanol–water partition coefficient (Wildman–Crippen LogP) is 0.772. The van der Waals surface area contributed by atoms with Gasteiger partial charge in [0.2, 0.25) is 0 Å². The van der Waals surface area contributed by atoms with Crippen LogP contribution in [0.4, 0.5) is 0 Å². The third kappa shape index (κ3) is 6.64. The summed E-state index contributed by atoms with van der Waals surface area (Å²) in [7, 11) is 0. The molecule has 0 heterocycles. The number of carboxylic acid groups (broad SMARTS) is 1. The smallest absolute Gasteiger partial charge is 1.00 e. The van der Waals surface area contributed by atoms with E-state index in [2.05, 4.69) is 4.74 Å². The van der Waals surface area contributed by atoms with Crippen LogP contribution in [0.1, 0.15) is 23.1 Å². The zero-order chi connectivity index (χ0) is 8.85. The van der Waals surface area contributed by atoms with Gasteiger partial charge in [-0.05, 0) is 6.92 Å². The van der Waals surface area contributed by atoms with Gasteiger partial charge in [0.15, 0.2) is 0 Å². The van der Waals surface area contributed by atoms with Gasteiger partial charge < -0.3 is 12.7 Å². The molecule has 66 valence electrons. The van der Waals surface area contributed by atoms with E-state index in [0.29, 0.717) is 0 Å². The summed E-state index contributed by atoms with van der Waals surface area (Å²) in [6.45, 7) is 2.98. The molecule has 0 radical (unpaired) electrons. The average Bonchev–Trinajstić information content (AvgIpc) is 1.99. The fourth-order valence-electron chi connectivity index (χ4n) is 0.288. The van der Waals surface area contributed by atoms with Gasteiger partial charge in [-0.3, -0.25) is 4.79 Å². The van der Waals surface area contributed by atoms with Crippen molar-refractivity contribution >= 4 is 49.7 Å². The molecule has 1 N–H and O–H groups in total. The number of carbonyl (C=O) groups excluding carboxylic acids is 1. The monoisotopic (exact) mass is 200 g/mol. The summed E-state index contributed by atoms with van der Waals surface area (Å²) in [6.07, 6.45) is 1.18. The first-order valence-electron chi connectivity index (χ1n) is 3.17. The molecule has 0 bridgehead atoms. The van der Waals surface area contributed by atoms with E-state index in [-0.39, 0.29) is 52.6 Å². The molecule has 0 unspecified atom stereocenters. The van der Waals surface area contributed by atoms with Gasteiger partial charge in [0.1, 0.15) is 6.26 Å². The first-order valence-corrected chi connectivity index (χ1v) is 3.17. The van der Waals surface area contributed by atoms with E-state index in [4.69, 9.17) is 5.11 Å². The fourth-order valence-corrected chi connectivity index (χ4v) is 0.288. The van der Waals surface area contributed by atoms with E-state index in [9.17, 15) is 9.59 Å². The summed E-state index contributed by atoms with van der Waals surface area (Å²) in [5.74, 6) is -1.53. The third-order valence-electron chi connectivity index (χ3n) is 0.993. The summed E-state index contributed by atoms with van der Waals surface area (Å²) in [5.41, 5.74) is 0.00630. The number of hydrogen-bond donors (Lipinski definition) is 1. The predicted molar refractivity (Wildman–Crippen MR) is 45.8 cm³/mol. The van der Waals surface area contributed by atoms with Crippen LogP contribution in [0.25, 0.3) is 0 Å². The second-order valence-corrected chi connectivity index (χ2v) is 1.95. The number of carbonyl (C=O) groups is 2. The minimum Gasteiger partial charge on any atom is -1.00 e. The summed E-state index contributed by atoms with van der Waals surface area (Å²) < 4.78 is 4.43. The molecule has 0 aliphatic heterocycles.